The summed E-state index contributed by atoms with van der Waals surface area (Å²) in [4.78, 5) is 27.1. The van der Waals surface area contributed by atoms with Gasteiger partial charge in [-0.1, -0.05) is 54.6 Å². The highest BCUT2D eigenvalue weighted by Gasteiger charge is 2.33. The Balaban J connectivity index is 1.42. The lowest BCUT2D eigenvalue weighted by Crippen LogP contribution is -2.48. The van der Waals surface area contributed by atoms with Gasteiger partial charge in [-0.3, -0.25) is 4.79 Å². The molecule has 7 nitrogen and oxygen atoms in total. The molecular weight excluding hydrogens is 402 g/mol. The summed E-state index contributed by atoms with van der Waals surface area (Å²) < 4.78 is 1.96. The molecule has 5 rings (SSSR count). The van der Waals surface area contributed by atoms with E-state index in [-0.39, 0.29) is 29.7 Å². The minimum Gasteiger partial charge on any atom is -0.366 e. The number of hydrogen-bond donors (Lipinski definition) is 2. The van der Waals surface area contributed by atoms with Crippen molar-refractivity contribution in [2.45, 2.75) is 32.0 Å². The number of nitrogens with zero attached hydrogens (tertiary/aromatic N) is 3. The van der Waals surface area contributed by atoms with Crippen LogP contribution in [0.5, 0.6) is 0 Å². The second-order valence-electron chi connectivity index (χ2n) is 8.28. The highest BCUT2D eigenvalue weighted by atomic mass is 16.2. The first-order valence-electron chi connectivity index (χ1n) is 10.7. The minimum absolute atomic E-state index is 0.0544. The number of nitriles is 1. The van der Waals surface area contributed by atoms with Gasteiger partial charge in [0.05, 0.1) is 29.1 Å². The van der Waals surface area contributed by atoms with Crippen LogP contribution in [0.2, 0.25) is 0 Å². The molecule has 3 amide bonds. The highest BCUT2D eigenvalue weighted by molar-refractivity contribution is 5.99. The number of nitrogens with two attached hydrogens (primary N) is 1. The first-order chi connectivity index (χ1) is 15.6. The van der Waals surface area contributed by atoms with Crippen molar-refractivity contribution in [3.05, 3.63) is 82.5 Å². The van der Waals surface area contributed by atoms with Crippen LogP contribution in [0.25, 0.3) is 11.3 Å². The highest BCUT2D eigenvalue weighted by Crippen LogP contribution is 2.34. The molecule has 2 heterocycles. The standard InChI is InChI=1S/C25H23N5O2/c26-14-20-22(24(27)31)21-15-29(10-11-30(21)23(20)16-6-2-1-3-7-16)25(32)28-19-12-17-8-4-5-9-18(17)13-19/h1-9,19H,10-13,15H2,(H2,27,31)(H,28,32). The van der Waals surface area contributed by atoms with Crippen molar-refractivity contribution in [3.63, 3.8) is 0 Å². The van der Waals surface area contributed by atoms with E-state index in [0.717, 1.165) is 18.4 Å². The number of amides is 3. The van der Waals surface area contributed by atoms with Gasteiger partial charge in [-0.05, 0) is 29.5 Å². The van der Waals surface area contributed by atoms with Crippen LogP contribution in [-0.4, -0.2) is 34.0 Å². The summed E-state index contributed by atoms with van der Waals surface area (Å²) in [6.45, 7) is 1.20. The third-order valence-corrected chi connectivity index (χ3v) is 6.38. The van der Waals surface area contributed by atoms with E-state index in [1.165, 1.54) is 11.1 Å². The van der Waals surface area contributed by atoms with E-state index in [9.17, 15) is 14.9 Å². The Labute approximate surface area is 186 Å². The summed E-state index contributed by atoms with van der Waals surface area (Å²) in [6, 6.07) is 19.8. The molecule has 0 saturated carbocycles. The molecular formula is C25H23N5O2. The maximum absolute atomic E-state index is 13.1. The average Bonchev–Trinajstić information content (AvgIpc) is 3.36. The number of urea groups is 1. The molecule has 0 bridgehead atoms. The summed E-state index contributed by atoms with van der Waals surface area (Å²) in [5, 5.41) is 13.0. The predicted molar refractivity (Wildman–Crippen MR) is 120 cm³/mol. The fourth-order valence-electron chi connectivity index (χ4n) is 4.93. The smallest absolute Gasteiger partial charge is 0.318 e. The van der Waals surface area contributed by atoms with E-state index in [1.807, 2.05) is 47.0 Å². The van der Waals surface area contributed by atoms with E-state index in [2.05, 4.69) is 23.5 Å². The van der Waals surface area contributed by atoms with Crippen molar-refractivity contribution in [2.24, 2.45) is 5.73 Å². The van der Waals surface area contributed by atoms with Crippen LogP contribution in [0.15, 0.2) is 54.6 Å². The zero-order valence-electron chi connectivity index (χ0n) is 17.5. The molecule has 3 aromatic rings. The van der Waals surface area contributed by atoms with Crippen molar-refractivity contribution >= 4 is 11.9 Å². The molecule has 160 valence electrons. The molecule has 1 aromatic heterocycles. The SMILES string of the molecule is N#Cc1c(C(N)=O)c2n(c1-c1ccccc1)CCN(C(=O)NC1Cc3ccccc3C1)C2. The number of hydrogen-bond acceptors (Lipinski definition) is 3. The van der Waals surface area contributed by atoms with Crippen molar-refractivity contribution in [1.82, 2.24) is 14.8 Å². The first-order valence-corrected chi connectivity index (χ1v) is 10.7. The maximum Gasteiger partial charge on any atom is 0.318 e. The lowest BCUT2D eigenvalue weighted by molar-refractivity contribution is 0.0996. The van der Waals surface area contributed by atoms with Gasteiger partial charge < -0.3 is 20.5 Å². The number of aromatic nitrogens is 1. The van der Waals surface area contributed by atoms with Crippen molar-refractivity contribution in [3.8, 4) is 17.3 Å². The molecule has 7 heteroatoms. The number of benzene rings is 2. The van der Waals surface area contributed by atoms with Gasteiger partial charge in [0, 0.05) is 19.1 Å². The second kappa shape index (κ2) is 7.89. The van der Waals surface area contributed by atoms with Crippen LogP contribution in [0.1, 0.15) is 32.7 Å². The van der Waals surface area contributed by atoms with E-state index in [1.54, 1.807) is 4.90 Å². The van der Waals surface area contributed by atoms with Crippen LogP contribution in [0.3, 0.4) is 0 Å². The average molecular weight is 425 g/mol. The molecule has 0 saturated heterocycles. The molecule has 32 heavy (non-hydrogen) atoms. The fraction of sp³-hybridized carbons (Fsp3) is 0.240. The van der Waals surface area contributed by atoms with Gasteiger partial charge in [-0.25, -0.2) is 4.79 Å². The Morgan fingerprint density at radius 2 is 1.66 bits per heavy atom. The molecule has 0 spiro atoms. The van der Waals surface area contributed by atoms with E-state index >= 15 is 0 Å². The molecule has 1 aliphatic heterocycles. The Morgan fingerprint density at radius 1 is 1.00 bits per heavy atom. The van der Waals surface area contributed by atoms with Crippen LogP contribution in [0, 0.1) is 11.3 Å². The zero-order chi connectivity index (χ0) is 22.2. The van der Waals surface area contributed by atoms with Crippen molar-refractivity contribution in [2.75, 3.05) is 6.54 Å². The van der Waals surface area contributed by atoms with Crippen LogP contribution >= 0.6 is 0 Å². The quantitative estimate of drug-likeness (QED) is 0.674. The molecule has 0 unspecified atom stereocenters. The fourth-order valence-corrected chi connectivity index (χ4v) is 4.93. The summed E-state index contributed by atoms with van der Waals surface area (Å²) in [5.74, 6) is -0.652. The van der Waals surface area contributed by atoms with E-state index < -0.39 is 5.91 Å². The Morgan fingerprint density at radius 3 is 2.28 bits per heavy atom. The third kappa shape index (κ3) is 3.30. The Kier molecular flexibility index (Phi) is 4.91. The number of carbonyl (C=O) groups is 2. The number of primary amides is 1. The number of rotatable bonds is 3. The lowest BCUT2D eigenvalue weighted by Gasteiger charge is -2.31. The molecule has 0 radical (unpaired) electrons. The predicted octanol–water partition coefficient (Wildman–Crippen LogP) is 2.82. The minimum atomic E-state index is -0.652. The monoisotopic (exact) mass is 425 g/mol. The van der Waals surface area contributed by atoms with Gasteiger partial charge in [0.15, 0.2) is 0 Å². The van der Waals surface area contributed by atoms with Crippen molar-refractivity contribution in [1.29, 1.82) is 5.26 Å². The number of nitrogens with one attached hydrogen (secondary N) is 1. The molecule has 3 N–H and O–H groups in total. The number of fused-ring (bicyclic) bond motifs is 2. The lowest BCUT2D eigenvalue weighted by atomic mass is 10.0. The summed E-state index contributed by atoms with van der Waals surface area (Å²) >= 11 is 0. The van der Waals surface area contributed by atoms with Gasteiger partial charge in [0.2, 0.25) is 0 Å². The molecule has 2 aromatic carbocycles. The normalized spacial score (nSPS) is 15.0. The third-order valence-electron chi connectivity index (χ3n) is 6.38. The van der Waals surface area contributed by atoms with Gasteiger partial charge in [-0.2, -0.15) is 5.26 Å². The van der Waals surface area contributed by atoms with Crippen molar-refractivity contribution < 1.29 is 9.59 Å². The Hall–Kier alpha value is -4.05. The molecule has 0 atom stereocenters. The van der Waals surface area contributed by atoms with Gasteiger partial charge >= 0.3 is 6.03 Å². The zero-order valence-corrected chi connectivity index (χ0v) is 17.5. The first kappa shape index (κ1) is 19.9. The molecule has 2 aliphatic rings. The van der Waals surface area contributed by atoms with Gasteiger partial charge in [-0.15, -0.1) is 0 Å². The topological polar surface area (TPSA) is 104 Å². The van der Waals surface area contributed by atoms with Crippen LogP contribution in [0.4, 0.5) is 4.79 Å². The molecule has 1 aliphatic carbocycles. The van der Waals surface area contributed by atoms with E-state index in [4.69, 9.17) is 5.73 Å². The number of carbonyl (C=O) groups excluding carboxylic acids is 2. The van der Waals surface area contributed by atoms with Gasteiger partial charge in [0.25, 0.3) is 5.91 Å². The largest absolute Gasteiger partial charge is 0.366 e. The summed E-state index contributed by atoms with van der Waals surface area (Å²) in [6.07, 6.45) is 1.63. The molecule has 0 fully saturated rings. The maximum atomic E-state index is 13.1. The van der Waals surface area contributed by atoms with Crippen LogP contribution < -0.4 is 11.1 Å². The summed E-state index contributed by atoms with van der Waals surface area (Å²) in [7, 11) is 0. The van der Waals surface area contributed by atoms with Crippen LogP contribution in [-0.2, 0) is 25.9 Å². The van der Waals surface area contributed by atoms with E-state index in [0.29, 0.717) is 24.5 Å². The summed E-state index contributed by atoms with van der Waals surface area (Å²) in [5.41, 5.74) is 10.8. The second-order valence-corrected chi connectivity index (χ2v) is 8.28. The Bertz CT molecular complexity index is 1230. The van der Waals surface area contributed by atoms with Gasteiger partial charge in [0.1, 0.15) is 6.07 Å².